The van der Waals surface area contributed by atoms with E-state index in [2.05, 4.69) is 44.7 Å². The van der Waals surface area contributed by atoms with Crippen LogP contribution in [0, 0.1) is 3.57 Å². The van der Waals surface area contributed by atoms with Gasteiger partial charge in [0.25, 0.3) is 0 Å². The molecule has 2 nitrogen and oxygen atoms in total. The molecule has 0 bridgehead atoms. The Hall–Kier alpha value is -0.750. The van der Waals surface area contributed by atoms with Gasteiger partial charge < -0.3 is 11.1 Å². The molecule has 0 unspecified atom stereocenters. The van der Waals surface area contributed by atoms with Crippen LogP contribution in [-0.4, -0.2) is 6.54 Å². The molecule has 0 aliphatic heterocycles. The zero-order valence-corrected chi connectivity index (χ0v) is 11.7. The first-order valence-electron chi connectivity index (χ1n) is 5.05. The predicted octanol–water partition coefficient (Wildman–Crippen LogP) is 3.59. The maximum absolute atomic E-state index is 5.70. The molecular formula is C12H13IN2S. The lowest BCUT2D eigenvalue weighted by Gasteiger charge is -2.08. The van der Waals surface area contributed by atoms with Gasteiger partial charge in [-0.1, -0.05) is 0 Å². The third-order valence-electron chi connectivity index (χ3n) is 2.30. The summed E-state index contributed by atoms with van der Waals surface area (Å²) >= 11 is 4.04. The van der Waals surface area contributed by atoms with Crippen molar-refractivity contribution in [3.8, 4) is 0 Å². The second-order valence-electron chi connectivity index (χ2n) is 3.55. The number of hydrogen-bond acceptors (Lipinski definition) is 3. The van der Waals surface area contributed by atoms with Crippen molar-refractivity contribution in [2.45, 2.75) is 6.42 Å². The van der Waals surface area contributed by atoms with E-state index in [0.29, 0.717) is 0 Å². The Morgan fingerprint density at radius 2 is 2.19 bits per heavy atom. The summed E-state index contributed by atoms with van der Waals surface area (Å²) in [6.45, 7) is 0.955. The van der Waals surface area contributed by atoms with Gasteiger partial charge in [-0.3, -0.25) is 0 Å². The molecule has 0 spiro atoms. The number of nitrogens with one attached hydrogen (secondary N) is 1. The zero-order chi connectivity index (χ0) is 11.4. The summed E-state index contributed by atoms with van der Waals surface area (Å²) in [6, 6.07) is 8.10. The van der Waals surface area contributed by atoms with Gasteiger partial charge in [-0.15, -0.1) is 0 Å². The quantitative estimate of drug-likeness (QED) is 0.657. The van der Waals surface area contributed by atoms with Gasteiger partial charge in [0.1, 0.15) is 0 Å². The van der Waals surface area contributed by atoms with Crippen LogP contribution in [-0.2, 0) is 6.42 Å². The van der Waals surface area contributed by atoms with Crippen LogP contribution in [0.5, 0.6) is 0 Å². The van der Waals surface area contributed by atoms with E-state index in [1.165, 1.54) is 9.13 Å². The molecule has 0 atom stereocenters. The van der Waals surface area contributed by atoms with Crippen molar-refractivity contribution in [1.29, 1.82) is 0 Å². The van der Waals surface area contributed by atoms with Gasteiger partial charge in [-0.2, -0.15) is 11.3 Å². The first-order valence-corrected chi connectivity index (χ1v) is 7.08. The van der Waals surface area contributed by atoms with Gasteiger partial charge in [0.15, 0.2) is 0 Å². The lowest BCUT2D eigenvalue weighted by atomic mass is 10.2. The summed E-state index contributed by atoms with van der Waals surface area (Å²) < 4.78 is 1.17. The molecule has 0 saturated carbocycles. The van der Waals surface area contributed by atoms with E-state index in [4.69, 9.17) is 5.73 Å². The van der Waals surface area contributed by atoms with Crippen LogP contribution >= 0.6 is 33.9 Å². The fourth-order valence-electron chi connectivity index (χ4n) is 1.45. The van der Waals surface area contributed by atoms with Crippen molar-refractivity contribution in [3.05, 3.63) is 44.2 Å². The van der Waals surface area contributed by atoms with Crippen LogP contribution in [0.25, 0.3) is 0 Å². The normalized spacial score (nSPS) is 10.3. The Morgan fingerprint density at radius 3 is 2.88 bits per heavy atom. The van der Waals surface area contributed by atoms with Crippen molar-refractivity contribution >= 4 is 45.3 Å². The number of halogens is 1. The van der Waals surface area contributed by atoms with E-state index in [0.717, 1.165) is 24.3 Å². The molecule has 0 fully saturated rings. The van der Waals surface area contributed by atoms with Gasteiger partial charge >= 0.3 is 0 Å². The van der Waals surface area contributed by atoms with Crippen LogP contribution in [0.1, 0.15) is 5.56 Å². The minimum Gasteiger partial charge on any atom is -0.399 e. The van der Waals surface area contributed by atoms with Crippen molar-refractivity contribution in [2.24, 2.45) is 0 Å². The Kier molecular flexibility index (Phi) is 4.06. The second kappa shape index (κ2) is 5.54. The maximum Gasteiger partial charge on any atom is 0.0477 e. The van der Waals surface area contributed by atoms with Gasteiger partial charge in [-0.25, -0.2) is 0 Å². The standard InChI is InChI=1S/C12H13IN2S/c13-11-7-10(14)1-2-12(11)15-5-3-9-4-6-16-8-9/h1-2,4,6-8,15H,3,5,14H2. The summed E-state index contributed by atoms with van der Waals surface area (Å²) in [6.07, 6.45) is 1.06. The highest BCUT2D eigenvalue weighted by atomic mass is 127. The number of thiophene rings is 1. The van der Waals surface area contributed by atoms with Gasteiger partial charge in [0.05, 0.1) is 0 Å². The molecule has 84 valence electrons. The van der Waals surface area contributed by atoms with E-state index < -0.39 is 0 Å². The van der Waals surface area contributed by atoms with Crippen LogP contribution in [0.4, 0.5) is 11.4 Å². The van der Waals surface area contributed by atoms with E-state index in [1.54, 1.807) is 11.3 Å². The Balaban J connectivity index is 1.90. The van der Waals surface area contributed by atoms with Gasteiger partial charge in [-0.05, 0) is 69.6 Å². The lowest BCUT2D eigenvalue weighted by molar-refractivity contribution is 1.03. The molecule has 4 heteroatoms. The largest absolute Gasteiger partial charge is 0.399 e. The van der Waals surface area contributed by atoms with Gasteiger partial charge in [0.2, 0.25) is 0 Å². The first-order chi connectivity index (χ1) is 7.75. The lowest BCUT2D eigenvalue weighted by Crippen LogP contribution is -2.05. The molecular weight excluding hydrogens is 331 g/mol. The first kappa shape index (κ1) is 11.7. The third-order valence-corrected chi connectivity index (χ3v) is 3.93. The van der Waals surface area contributed by atoms with Crippen molar-refractivity contribution in [1.82, 2.24) is 0 Å². The van der Waals surface area contributed by atoms with Crippen molar-refractivity contribution < 1.29 is 0 Å². The predicted molar refractivity (Wildman–Crippen MR) is 80.1 cm³/mol. The highest BCUT2D eigenvalue weighted by Gasteiger charge is 1.99. The fraction of sp³-hybridized carbons (Fsp3) is 0.167. The van der Waals surface area contributed by atoms with Crippen molar-refractivity contribution in [2.75, 3.05) is 17.6 Å². The Morgan fingerprint density at radius 1 is 1.31 bits per heavy atom. The summed E-state index contributed by atoms with van der Waals surface area (Å²) in [4.78, 5) is 0. The minimum atomic E-state index is 0.813. The maximum atomic E-state index is 5.70. The zero-order valence-electron chi connectivity index (χ0n) is 8.74. The molecule has 1 aromatic heterocycles. The van der Waals surface area contributed by atoms with Crippen LogP contribution in [0.2, 0.25) is 0 Å². The topological polar surface area (TPSA) is 38.0 Å². The molecule has 0 amide bonds. The molecule has 3 N–H and O–H groups in total. The van der Waals surface area contributed by atoms with Crippen LogP contribution in [0.3, 0.4) is 0 Å². The average molecular weight is 344 g/mol. The number of rotatable bonds is 4. The summed E-state index contributed by atoms with van der Waals surface area (Å²) in [5.74, 6) is 0. The molecule has 0 saturated heterocycles. The number of benzene rings is 1. The minimum absolute atomic E-state index is 0.813. The molecule has 2 aromatic rings. The second-order valence-corrected chi connectivity index (χ2v) is 5.49. The highest BCUT2D eigenvalue weighted by Crippen LogP contribution is 2.20. The van der Waals surface area contributed by atoms with E-state index in [1.807, 2.05) is 18.2 Å². The fourth-order valence-corrected chi connectivity index (χ4v) is 2.88. The molecule has 0 aliphatic carbocycles. The molecule has 0 aliphatic rings. The Labute approximate surface area is 113 Å². The number of nitrogens with two attached hydrogens (primary N) is 1. The summed E-state index contributed by atoms with van der Waals surface area (Å²) in [5, 5.41) is 7.72. The summed E-state index contributed by atoms with van der Waals surface area (Å²) in [5.41, 5.74) is 9.06. The molecule has 16 heavy (non-hydrogen) atoms. The molecule has 1 heterocycles. The van der Waals surface area contributed by atoms with Crippen molar-refractivity contribution in [3.63, 3.8) is 0 Å². The SMILES string of the molecule is Nc1ccc(NCCc2ccsc2)c(I)c1. The van der Waals surface area contributed by atoms with Crippen LogP contribution in [0.15, 0.2) is 35.0 Å². The number of anilines is 2. The highest BCUT2D eigenvalue weighted by molar-refractivity contribution is 14.1. The molecule has 2 rings (SSSR count). The Bertz CT molecular complexity index is 454. The summed E-state index contributed by atoms with van der Waals surface area (Å²) in [7, 11) is 0. The number of nitrogen functional groups attached to an aromatic ring is 1. The van der Waals surface area contributed by atoms with Gasteiger partial charge in [0, 0.05) is 21.5 Å². The molecule has 0 radical (unpaired) electrons. The smallest absolute Gasteiger partial charge is 0.0477 e. The molecule has 1 aromatic carbocycles. The van der Waals surface area contributed by atoms with Crippen LogP contribution < -0.4 is 11.1 Å². The van der Waals surface area contributed by atoms with E-state index in [9.17, 15) is 0 Å². The third kappa shape index (κ3) is 3.12. The van der Waals surface area contributed by atoms with E-state index >= 15 is 0 Å². The average Bonchev–Trinajstić information content (AvgIpc) is 2.74. The monoisotopic (exact) mass is 344 g/mol. The number of hydrogen-bond donors (Lipinski definition) is 2. The van der Waals surface area contributed by atoms with E-state index in [-0.39, 0.29) is 0 Å².